The van der Waals surface area contributed by atoms with Gasteiger partial charge in [-0.25, -0.2) is 4.79 Å². The van der Waals surface area contributed by atoms with E-state index in [-0.39, 0.29) is 11.8 Å². The molecule has 0 aliphatic carbocycles. The van der Waals surface area contributed by atoms with Crippen LogP contribution in [0.25, 0.3) is 0 Å². The van der Waals surface area contributed by atoms with E-state index in [0.717, 1.165) is 5.56 Å². The standard InChI is InChI=1S/C28H28O7S/c1-19-23(34-26(29)21-14-8-4-9-15-21)24(35-28(36)33-22-16-10-5-11-17-22)25(27(30-2)32-19)31-18-20-12-6-3-7-13-20/h3-17,19,23-25,27H,18H2,1-2H3/t19-,23+,24+,25-,27-/m0/s1. The molecule has 0 aromatic heterocycles. The predicted octanol–water partition coefficient (Wildman–Crippen LogP) is 4.94. The molecule has 0 spiro atoms. The summed E-state index contributed by atoms with van der Waals surface area (Å²) < 4.78 is 35.5. The Balaban J connectivity index is 1.58. The van der Waals surface area contributed by atoms with Crippen LogP contribution in [0.1, 0.15) is 22.8 Å². The third-order valence-electron chi connectivity index (χ3n) is 5.67. The number of carbonyl (C=O) groups excluding carboxylic acids is 1. The number of benzene rings is 3. The Hall–Kier alpha value is -3.30. The third-order valence-corrected chi connectivity index (χ3v) is 5.85. The van der Waals surface area contributed by atoms with Crippen molar-refractivity contribution in [2.24, 2.45) is 0 Å². The minimum Gasteiger partial charge on any atom is -0.452 e. The van der Waals surface area contributed by atoms with Crippen LogP contribution in [0.3, 0.4) is 0 Å². The Morgan fingerprint density at radius 2 is 1.44 bits per heavy atom. The lowest BCUT2D eigenvalue weighted by molar-refractivity contribution is -0.295. The number of hydrogen-bond donors (Lipinski definition) is 0. The summed E-state index contributed by atoms with van der Waals surface area (Å²) in [6, 6.07) is 27.4. The first-order valence-corrected chi connectivity index (χ1v) is 12.0. The Morgan fingerprint density at radius 1 is 0.833 bits per heavy atom. The SMILES string of the molecule is CO[C@H]1O[C@@H](C)[C@@H](OC(=O)c2ccccc2)[C@@H](OC(=S)Oc2ccccc2)[C@@H]1OCc1ccccc1. The van der Waals surface area contributed by atoms with Gasteiger partial charge in [-0.2, -0.15) is 0 Å². The summed E-state index contributed by atoms with van der Waals surface area (Å²) in [5.41, 5.74) is 1.35. The number of methoxy groups -OCH3 is 1. The molecule has 8 heteroatoms. The molecule has 7 nitrogen and oxygen atoms in total. The average molecular weight is 509 g/mol. The number of rotatable bonds is 8. The van der Waals surface area contributed by atoms with Crippen LogP contribution < -0.4 is 4.74 Å². The van der Waals surface area contributed by atoms with E-state index >= 15 is 0 Å². The molecule has 1 aliphatic heterocycles. The molecule has 0 radical (unpaired) electrons. The van der Waals surface area contributed by atoms with E-state index in [1.54, 1.807) is 43.3 Å². The normalized spacial score (nSPS) is 23.4. The maximum atomic E-state index is 12.9. The van der Waals surface area contributed by atoms with Crippen molar-refractivity contribution in [3.05, 3.63) is 102 Å². The number of hydrogen-bond acceptors (Lipinski definition) is 8. The van der Waals surface area contributed by atoms with E-state index in [4.69, 9.17) is 40.6 Å². The van der Waals surface area contributed by atoms with Crippen molar-refractivity contribution < 1.29 is 33.2 Å². The third kappa shape index (κ3) is 6.67. The first kappa shape index (κ1) is 25.8. The summed E-state index contributed by atoms with van der Waals surface area (Å²) in [5.74, 6) is 0.00251. The fourth-order valence-electron chi connectivity index (χ4n) is 3.89. The second kappa shape index (κ2) is 12.6. The van der Waals surface area contributed by atoms with Crippen molar-refractivity contribution in [2.75, 3.05) is 7.11 Å². The lowest BCUT2D eigenvalue weighted by atomic mass is 9.98. The Labute approximate surface area is 215 Å². The fraction of sp³-hybridized carbons (Fsp3) is 0.286. The molecule has 0 N–H and O–H groups in total. The Morgan fingerprint density at radius 3 is 2.08 bits per heavy atom. The first-order chi connectivity index (χ1) is 17.5. The molecule has 3 aromatic carbocycles. The molecule has 4 rings (SSSR count). The van der Waals surface area contributed by atoms with Crippen molar-refractivity contribution >= 4 is 23.4 Å². The lowest BCUT2D eigenvalue weighted by Gasteiger charge is -2.43. The van der Waals surface area contributed by atoms with E-state index in [1.165, 1.54) is 7.11 Å². The van der Waals surface area contributed by atoms with Gasteiger partial charge < -0.3 is 28.4 Å². The van der Waals surface area contributed by atoms with Crippen LogP contribution in [0, 0.1) is 0 Å². The van der Waals surface area contributed by atoms with Crippen LogP contribution in [0.4, 0.5) is 0 Å². The molecule has 0 bridgehead atoms. The van der Waals surface area contributed by atoms with Gasteiger partial charge in [0.2, 0.25) is 0 Å². The molecule has 1 aliphatic rings. The van der Waals surface area contributed by atoms with Gasteiger partial charge in [0.1, 0.15) is 11.9 Å². The van der Waals surface area contributed by atoms with E-state index < -0.39 is 36.7 Å². The van der Waals surface area contributed by atoms with Crippen molar-refractivity contribution in [1.82, 2.24) is 0 Å². The van der Waals surface area contributed by atoms with Crippen LogP contribution >= 0.6 is 12.2 Å². The largest absolute Gasteiger partial charge is 0.452 e. The summed E-state index contributed by atoms with van der Waals surface area (Å²) in [4.78, 5) is 12.9. The van der Waals surface area contributed by atoms with Crippen LogP contribution in [0.2, 0.25) is 0 Å². The molecule has 0 unspecified atom stereocenters. The second-order valence-electron chi connectivity index (χ2n) is 8.19. The monoisotopic (exact) mass is 508 g/mol. The van der Waals surface area contributed by atoms with Gasteiger partial charge in [0.05, 0.1) is 18.3 Å². The van der Waals surface area contributed by atoms with E-state index in [1.807, 2.05) is 54.6 Å². The summed E-state index contributed by atoms with van der Waals surface area (Å²) in [6.07, 6.45) is -3.88. The number of ether oxygens (including phenoxy) is 6. The molecular weight excluding hydrogens is 480 g/mol. The highest BCUT2D eigenvalue weighted by molar-refractivity contribution is 7.79. The maximum absolute atomic E-state index is 12.9. The number of esters is 1. The molecule has 3 aromatic rings. The van der Waals surface area contributed by atoms with Crippen molar-refractivity contribution in [2.45, 2.75) is 44.2 Å². The second-order valence-corrected chi connectivity index (χ2v) is 8.52. The number of para-hydroxylation sites is 1. The molecule has 36 heavy (non-hydrogen) atoms. The van der Waals surface area contributed by atoms with Gasteiger partial charge in [-0.05, 0) is 36.8 Å². The summed E-state index contributed by atoms with van der Waals surface area (Å²) in [6.45, 7) is 2.04. The molecule has 0 amide bonds. The zero-order valence-electron chi connectivity index (χ0n) is 20.0. The molecule has 1 saturated heterocycles. The molecule has 1 fully saturated rings. The quantitative estimate of drug-likeness (QED) is 0.313. The molecular formula is C28H28O7S. The van der Waals surface area contributed by atoms with Gasteiger partial charge in [0.15, 0.2) is 18.5 Å². The zero-order valence-corrected chi connectivity index (χ0v) is 20.8. The van der Waals surface area contributed by atoms with Gasteiger partial charge in [0.25, 0.3) is 0 Å². The fourth-order valence-corrected chi connectivity index (χ4v) is 4.10. The smallest absolute Gasteiger partial charge is 0.358 e. The van der Waals surface area contributed by atoms with Crippen molar-refractivity contribution in [3.63, 3.8) is 0 Å². The van der Waals surface area contributed by atoms with Crippen LogP contribution in [0.5, 0.6) is 5.75 Å². The average Bonchev–Trinajstić information content (AvgIpc) is 2.91. The van der Waals surface area contributed by atoms with Gasteiger partial charge >= 0.3 is 11.2 Å². The zero-order chi connectivity index (χ0) is 25.3. The summed E-state index contributed by atoms with van der Waals surface area (Å²) in [5, 5.41) is -0.135. The topological polar surface area (TPSA) is 72.5 Å². The van der Waals surface area contributed by atoms with Crippen molar-refractivity contribution in [1.29, 1.82) is 0 Å². The van der Waals surface area contributed by atoms with Gasteiger partial charge in [-0.15, -0.1) is 0 Å². The van der Waals surface area contributed by atoms with Crippen LogP contribution in [0.15, 0.2) is 91.0 Å². The minimum atomic E-state index is -0.869. The highest BCUT2D eigenvalue weighted by atomic mass is 32.1. The minimum absolute atomic E-state index is 0.135. The lowest BCUT2D eigenvalue weighted by Crippen LogP contribution is -2.60. The first-order valence-electron chi connectivity index (χ1n) is 11.6. The van der Waals surface area contributed by atoms with Gasteiger partial charge in [-0.1, -0.05) is 66.7 Å². The molecule has 5 atom stereocenters. The van der Waals surface area contributed by atoms with E-state index in [9.17, 15) is 4.79 Å². The summed E-state index contributed by atoms with van der Waals surface area (Å²) >= 11 is 5.40. The van der Waals surface area contributed by atoms with Gasteiger partial charge in [-0.3, -0.25) is 0 Å². The molecule has 188 valence electrons. The summed E-state index contributed by atoms with van der Waals surface area (Å²) in [7, 11) is 1.52. The maximum Gasteiger partial charge on any atom is 0.358 e. The molecule has 1 heterocycles. The number of carbonyl (C=O) groups is 1. The van der Waals surface area contributed by atoms with E-state index in [2.05, 4.69) is 0 Å². The van der Waals surface area contributed by atoms with E-state index in [0.29, 0.717) is 11.3 Å². The van der Waals surface area contributed by atoms with Gasteiger partial charge in [0, 0.05) is 19.3 Å². The Bertz CT molecular complexity index is 1110. The Kier molecular flexibility index (Phi) is 9.02. The highest BCUT2D eigenvalue weighted by Crippen LogP contribution is 2.30. The number of thiocarbonyl (C=S) groups is 1. The predicted molar refractivity (Wildman–Crippen MR) is 137 cm³/mol. The molecule has 0 saturated carbocycles. The highest BCUT2D eigenvalue weighted by Gasteiger charge is 2.50. The van der Waals surface area contributed by atoms with Crippen molar-refractivity contribution in [3.8, 4) is 5.75 Å². The van der Waals surface area contributed by atoms with Crippen LogP contribution in [-0.2, 0) is 30.3 Å². The van der Waals surface area contributed by atoms with Crippen LogP contribution in [-0.4, -0.2) is 49.0 Å².